The third kappa shape index (κ3) is 2.07. The predicted octanol–water partition coefficient (Wildman–Crippen LogP) is 0.414. The smallest absolute Gasteiger partial charge is 0.338 e. The van der Waals surface area contributed by atoms with Crippen LogP contribution in [0.25, 0.3) is 0 Å². The molecule has 0 bridgehead atoms. The van der Waals surface area contributed by atoms with Gasteiger partial charge < -0.3 is 14.9 Å². The maximum absolute atomic E-state index is 11.7. The molecule has 0 spiro atoms. The van der Waals surface area contributed by atoms with Crippen molar-refractivity contribution in [1.29, 1.82) is 0 Å². The van der Waals surface area contributed by atoms with E-state index in [1.807, 2.05) is 0 Å². The quantitative estimate of drug-likeness (QED) is 0.584. The molecule has 17 heavy (non-hydrogen) atoms. The van der Waals surface area contributed by atoms with Gasteiger partial charge in [-0.2, -0.15) is 0 Å². The molecule has 0 aliphatic carbocycles. The zero-order chi connectivity index (χ0) is 12.4. The lowest BCUT2D eigenvalue weighted by Crippen LogP contribution is -2.08. The molecule has 0 amide bonds. The first kappa shape index (κ1) is 11.8. The maximum Gasteiger partial charge on any atom is 0.338 e. The Balaban J connectivity index is 2.47. The molecule has 1 aliphatic rings. The third-order valence-corrected chi connectivity index (χ3v) is 2.72. The Hall–Kier alpha value is -1.72. The summed E-state index contributed by atoms with van der Waals surface area (Å²) in [6.07, 6.45) is -0.0270. The van der Waals surface area contributed by atoms with E-state index in [4.69, 9.17) is 9.84 Å². The Bertz CT molecular complexity index is 478. The molecule has 90 valence electrons. The number of Topliss-reactive ketones (excluding diaryl/α,β-unsaturated/α-hetero) is 1. The summed E-state index contributed by atoms with van der Waals surface area (Å²) in [7, 11) is 0. The topological polar surface area (TPSA) is 83.8 Å². The second-order valence-electron chi connectivity index (χ2n) is 3.80. The number of hydrogen-bond donors (Lipinski definition) is 2. The lowest BCUT2D eigenvalue weighted by atomic mass is 9.96. The highest BCUT2D eigenvalue weighted by molar-refractivity contribution is 6.01. The van der Waals surface area contributed by atoms with Crippen LogP contribution in [0, 0.1) is 0 Å². The summed E-state index contributed by atoms with van der Waals surface area (Å²) in [6, 6.07) is 3.04. The number of benzene rings is 1. The number of carbonyl (C=O) groups excluding carboxylic acids is 2. The van der Waals surface area contributed by atoms with Gasteiger partial charge in [0.05, 0.1) is 18.8 Å². The molecule has 1 aromatic carbocycles. The minimum Gasteiger partial charge on any atom is -0.457 e. The van der Waals surface area contributed by atoms with E-state index in [1.165, 1.54) is 6.07 Å². The Morgan fingerprint density at radius 2 is 2.12 bits per heavy atom. The van der Waals surface area contributed by atoms with Crippen LogP contribution in [0.5, 0.6) is 0 Å². The average Bonchev–Trinajstić information content (AvgIpc) is 2.69. The van der Waals surface area contributed by atoms with Crippen LogP contribution in [0.2, 0.25) is 0 Å². The van der Waals surface area contributed by atoms with Crippen LogP contribution in [0.15, 0.2) is 12.1 Å². The molecule has 0 saturated carbocycles. The van der Waals surface area contributed by atoms with Gasteiger partial charge in [-0.15, -0.1) is 0 Å². The first-order valence-corrected chi connectivity index (χ1v) is 5.25. The van der Waals surface area contributed by atoms with E-state index in [1.54, 1.807) is 6.07 Å². The Labute approximate surface area is 97.6 Å². The van der Waals surface area contributed by atoms with Crippen LogP contribution in [-0.4, -0.2) is 28.6 Å². The van der Waals surface area contributed by atoms with Gasteiger partial charge in [0, 0.05) is 17.5 Å². The van der Waals surface area contributed by atoms with E-state index in [9.17, 15) is 14.7 Å². The van der Waals surface area contributed by atoms with Crippen molar-refractivity contribution in [3.05, 3.63) is 34.4 Å². The molecular weight excluding hydrogens is 224 g/mol. The number of carbonyl (C=O) groups is 2. The van der Waals surface area contributed by atoms with E-state index in [0.29, 0.717) is 16.7 Å². The predicted molar refractivity (Wildman–Crippen MR) is 57.5 cm³/mol. The minimum absolute atomic E-state index is 0.0270. The van der Waals surface area contributed by atoms with Gasteiger partial charge in [0.15, 0.2) is 5.78 Å². The second-order valence-corrected chi connectivity index (χ2v) is 3.80. The third-order valence-electron chi connectivity index (χ3n) is 2.72. The van der Waals surface area contributed by atoms with Crippen LogP contribution in [0.3, 0.4) is 0 Å². The summed E-state index contributed by atoms with van der Waals surface area (Å²) >= 11 is 0. The molecule has 2 N–H and O–H groups in total. The number of aliphatic hydroxyl groups is 2. The molecule has 5 nitrogen and oxygen atoms in total. The van der Waals surface area contributed by atoms with Gasteiger partial charge in [0.1, 0.15) is 6.61 Å². The normalized spacial score (nSPS) is 13.4. The lowest BCUT2D eigenvalue weighted by molar-refractivity contribution is 0.0535. The van der Waals surface area contributed by atoms with Crippen LogP contribution in [0.1, 0.15) is 38.3 Å². The Morgan fingerprint density at radius 1 is 1.35 bits per heavy atom. The molecule has 1 aliphatic heterocycles. The number of ketones is 1. The SMILES string of the molecule is O=C(CCO)c1cc2c(cc1CO)COC2=O. The van der Waals surface area contributed by atoms with Crippen LogP contribution >= 0.6 is 0 Å². The molecule has 0 saturated heterocycles. The summed E-state index contributed by atoms with van der Waals surface area (Å²) in [5, 5.41) is 17.9. The molecule has 1 heterocycles. The van der Waals surface area contributed by atoms with Crippen LogP contribution in [0.4, 0.5) is 0 Å². The average molecular weight is 236 g/mol. The summed E-state index contributed by atoms with van der Waals surface area (Å²) in [5.41, 5.74) is 1.78. The second kappa shape index (κ2) is 4.65. The Kier molecular flexibility index (Phi) is 3.21. The van der Waals surface area contributed by atoms with Crippen LogP contribution in [-0.2, 0) is 18.0 Å². The van der Waals surface area contributed by atoms with Crippen molar-refractivity contribution in [3.63, 3.8) is 0 Å². The molecule has 5 heteroatoms. The summed E-state index contributed by atoms with van der Waals surface area (Å²) in [4.78, 5) is 23.1. The first-order chi connectivity index (χ1) is 8.17. The van der Waals surface area contributed by atoms with Gasteiger partial charge in [-0.25, -0.2) is 4.79 Å². The molecule has 0 radical (unpaired) electrons. The van der Waals surface area contributed by atoms with Crippen molar-refractivity contribution < 1.29 is 24.5 Å². The maximum atomic E-state index is 11.7. The van der Waals surface area contributed by atoms with E-state index >= 15 is 0 Å². The molecule has 0 atom stereocenters. The fraction of sp³-hybridized carbons (Fsp3) is 0.333. The van der Waals surface area contributed by atoms with Gasteiger partial charge in [-0.3, -0.25) is 4.79 Å². The van der Waals surface area contributed by atoms with Crippen molar-refractivity contribution in [2.75, 3.05) is 6.61 Å². The fourth-order valence-electron chi connectivity index (χ4n) is 1.85. The number of rotatable bonds is 4. The van der Waals surface area contributed by atoms with Gasteiger partial charge >= 0.3 is 5.97 Å². The summed E-state index contributed by atoms with van der Waals surface area (Å²) < 4.78 is 4.84. The van der Waals surface area contributed by atoms with Crippen molar-refractivity contribution in [3.8, 4) is 0 Å². The minimum atomic E-state index is -0.456. The van der Waals surface area contributed by atoms with E-state index in [2.05, 4.69) is 0 Å². The summed E-state index contributed by atoms with van der Waals surface area (Å²) in [5.74, 6) is -0.749. The number of hydrogen-bond acceptors (Lipinski definition) is 5. The molecular formula is C12H12O5. The van der Waals surface area contributed by atoms with Crippen LogP contribution < -0.4 is 0 Å². The van der Waals surface area contributed by atoms with Gasteiger partial charge in [-0.1, -0.05) is 0 Å². The van der Waals surface area contributed by atoms with E-state index < -0.39 is 5.97 Å². The van der Waals surface area contributed by atoms with E-state index in [0.717, 1.165) is 0 Å². The number of ether oxygens (including phenoxy) is 1. The van der Waals surface area contributed by atoms with Gasteiger partial charge in [0.2, 0.25) is 0 Å². The fourth-order valence-corrected chi connectivity index (χ4v) is 1.85. The van der Waals surface area contributed by atoms with E-state index in [-0.39, 0.29) is 37.6 Å². The zero-order valence-electron chi connectivity index (χ0n) is 9.10. The lowest BCUT2D eigenvalue weighted by Gasteiger charge is -2.07. The standard InChI is InChI=1S/C12H12O5/c13-2-1-11(15)9-4-10-8(3-7(9)5-14)6-17-12(10)16/h3-4,13-14H,1-2,5-6H2. The largest absolute Gasteiger partial charge is 0.457 e. The van der Waals surface area contributed by atoms with Crippen molar-refractivity contribution in [1.82, 2.24) is 0 Å². The zero-order valence-corrected chi connectivity index (χ0v) is 9.10. The highest BCUT2D eigenvalue weighted by Crippen LogP contribution is 2.25. The molecule has 0 aromatic heterocycles. The first-order valence-electron chi connectivity index (χ1n) is 5.25. The molecule has 0 unspecified atom stereocenters. The number of fused-ring (bicyclic) bond motifs is 1. The summed E-state index contributed by atoms with van der Waals surface area (Å²) in [6.45, 7) is -0.366. The number of aliphatic hydroxyl groups excluding tert-OH is 2. The van der Waals surface area contributed by atoms with Crippen molar-refractivity contribution >= 4 is 11.8 Å². The van der Waals surface area contributed by atoms with Crippen molar-refractivity contribution in [2.24, 2.45) is 0 Å². The number of cyclic esters (lactones) is 1. The molecule has 2 rings (SSSR count). The van der Waals surface area contributed by atoms with Gasteiger partial charge in [-0.05, 0) is 17.7 Å². The van der Waals surface area contributed by atoms with Gasteiger partial charge in [0.25, 0.3) is 0 Å². The monoisotopic (exact) mass is 236 g/mol. The van der Waals surface area contributed by atoms with Crippen molar-refractivity contribution in [2.45, 2.75) is 19.6 Å². The molecule has 0 fully saturated rings. The molecule has 1 aromatic rings. The Morgan fingerprint density at radius 3 is 2.76 bits per heavy atom. The number of esters is 1. The highest BCUT2D eigenvalue weighted by Gasteiger charge is 2.24. The highest BCUT2D eigenvalue weighted by atomic mass is 16.5.